The van der Waals surface area contributed by atoms with Gasteiger partial charge in [0, 0.05) is 16.1 Å². The number of phenolic OH excluding ortho intramolecular Hbond substituents is 2. The van der Waals surface area contributed by atoms with Gasteiger partial charge in [0.05, 0.1) is 10.0 Å². The molecule has 29 heavy (non-hydrogen) atoms. The minimum atomic E-state index is -5.08. The fourth-order valence-electron chi connectivity index (χ4n) is 3.18. The van der Waals surface area contributed by atoms with Crippen LogP contribution < -0.4 is 0 Å². The molecule has 0 aliphatic heterocycles. The second-order valence-electron chi connectivity index (χ2n) is 6.06. The zero-order valence-corrected chi connectivity index (χ0v) is 18.1. The summed E-state index contributed by atoms with van der Waals surface area (Å²) in [4.78, 5) is 0. The van der Waals surface area contributed by atoms with E-state index >= 15 is 0 Å². The second-order valence-corrected chi connectivity index (χ2v) is 9.22. The van der Waals surface area contributed by atoms with Crippen LogP contribution in [0.1, 0.15) is 16.7 Å². The molecule has 0 saturated carbocycles. The van der Waals surface area contributed by atoms with Crippen molar-refractivity contribution in [3.63, 3.8) is 0 Å². The zero-order chi connectivity index (χ0) is 21.6. The van der Waals surface area contributed by atoms with Crippen LogP contribution in [0.15, 0.2) is 54.6 Å². The van der Waals surface area contributed by atoms with Crippen molar-refractivity contribution in [2.75, 3.05) is 0 Å². The molecule has 0 fully saturated rings. The quantitative estimate of drug-likeness (QED) is 0.311. The van der Waals surface area contributed by atoms with Gasteiger partial charge in [0.1, 0.15) is 16.5 Å². The Kier molecular flexibility index (Phi) is 5.98. The molecule has 0 amide bonds. The Morgan fingerprint density at radius 1 is 0.759 bits per heavy atom. The maximum absolute atomic E-state index is 13.0. The van der Waals surface area contributed by atoms with Crippen molar-refractivity contribution >= 4 is 56.5 Å². The van der Waals surface area contributed by atoms with Crippen molar-refractivity contribution < 1.29 is 23.2 Å². The summed E-state index contributed by atoms with van der Waals surface area (Å²) in [6.07, 6.45) is 0. The molecule has 3 aromatic carbocycles. The van der Waals surface area contributed by atoms with Crippen molar-refractivity contribution in [1.82, 2.24) is 0 Å². The standard InChI is InChI=1S/C19H12Cl4O5S/c20-13-4-2-1-3-11(13)19(29(26,27)28,10-5-7-14(21)15(22)9-10)12-6-8-16(24)17(23)18(12)25/h1-9,24-25H,(H,26,27,28). The molecule has 3 aromatic rings. The fraction of sp³-hybridized carbons (Fsp3) is 0.0526. The van der Waals surface area contributed by atoms with E-state index in [-0.39, 0.29) is 31.8 Å². The van der Waals surface area contributed by atoms with E-state index in [4.69, 9.17) is 46.4 Å². The van der Waals surface area contributed by atoms with Gasteiger partial charge in [-0.15, -0.1) is 0 Å². The third-order valence-corrected chi connectivity index (χ3v) is 7.33. The Morgan fingerprint density at radius 2 is 1.41 bits per heavy atom. The Morgan fingerprint density at radius 3 is 2.00 bits per heavy atom. The minimum Gasteiger partial charge on any atom is -0.506 e. The summed E-state index contributed by atoms with van der Waals surface area (Å²) in [5, 5.41) is 20.1. The highest BCUT2D eigenvalue weighted by Gasteiger charge is 2.51. The fourth-order valence-corrected chi connectivity index (χ4v) is 5.30. The smallest absolute Gasteiger partial charge is 0.283 e. The molecule has 0 spiro atoms. The van der Waals surface area contributed by atoms with E-state index < -0.39 is 31.4 Å². The Bertz CT molecular complexity index is 1210. The van der Waals surface area contributed by atoms with Crippen molar-refractivity contribution in [3.8, 4) is 11.5 Å². The van der Waals surface area contributed by atoms with E-state index in [2.05, 4.69) is 0 Å². The van der Waals surface area contributed by atoms with Gasteiger partial charge >= 0.3 is 0 Å². The molecule has 1 atom stereocenters. The maximum Gasteiger partial charge on any atom is 0.283 e. The molecule has 5 nitrogen and oxygen atoms in total. The molecular formula is C19H12Cl4O5S. The third kappa shape index (κ3) is 3.54. The summed E-state index contributed by atoms with van der Waals surface area (Å²) in [6.45, 7) is 0. The number of aromatic hydroxyl groups is 2. The lowest BCUT2D eigenvalue weighted by molar-refractivity contribution is 0.431. The monoisotopic (exact) mass is 492 g/mol. The molecular weight excluding hydrogens is 482 g/mol. The van der Waals surface area contributed by atoms with Crippen LogP contribution in [-0.2, 0) is 14.9 Å². The molecule has 0 bridgehead atoms. The van der Waals surface area contributed by atoms with Crippen molar-refractivity contribution in [2.24, 2.45) is 0 Å². The summed E-state index contributed by atoms with van der Waals surface area (Å²) in [5.74, 6) is -1.24. The molecule has 1 unspecified atom stereocenters. The Labute approximate surface area is 186 Å². The summed E-state index contributed by atoms with van der Waals surface area (Å²) in [5.41, 5.74) is -0.464. The Hall–Kier alpha value is -1.67. The lowest BCUT2D eigenvalue weighted by Crippen LogP contribution is -2.38. The molecule has 3 rings (SSSR count). The minimum absolute atomic E-state index is 0.00797. The lowest BCUT2D eigenvalue weighted by Gasteiger charge is -2.34. The molecule has 0 heterocycles. The number of rotatable bonds is 4. The SMILES string of the molecule is O=S(=O)(O)C(c1ccc(Cl)c(Cl)c1)(c1ccccc1Cl)c1ccc(O)c(Cl)c1O. The van der Waals surface area contributed by atoms with Crippen LogP contribution in [0.25, 0.3) is 0 Å². The highest BCUT2D eigenvalue weighted by Crippen LogP contribution is 2.52. The number of hydrogen-bond donors (Lipinski definition) is 3. The van der Waals surface area contributed by atoms with Crippen LogP contribution in [0.2, 0.25) is 20.1 Å². The van der Waals surface area contributed by atoms with Crippen molar-refractivity contribution in [1.29, 1.82) is 0 Å². The van der Waals surface area contributed by atoms with E-state index in [1.807, 2.05) is 0 Å². The van der Waals surface area contributed by atoms with Crippen LogP contribution in [0.3, 0.4) is 0 Å². The van der Waals surface area contributed by atoms with Gasteiger partial charge in [-0.2, -0.15) is 8.42 Å². The normalized spacial score (nSPS) is 13.8. The van der Waals surface area contributed by atoms with Gasteiger partial charge in [-0.3, -0.25) is 4.55 Å². The molecule has 10 heteroatoms. The predicted molar refractivity (Wildman–Crippen MR) is 114 cm³/mol. The van der Waals surface area contributed by atoms with E-state index in [0.29, 0.717) is 0 Å². The Balaban J connectivity index is 2.61. The van der Waals surface area contributed by atoms with Crippen molar-refractivity contribution in [3.05, 3.63) is 91.4 Å². The maximum atomic E-state index is 13.0. The summed E-state index contributed by atoms with van der Waals surface area (Å²) in [6, 6.07) is 12.0. The van der Waals surface area contributed by atoms with Gasteiger partial charge in [0.2, 0.25) is 0 Å². The largest absolute Gasteiger partial charge is 0.506 e. The average Bonchev–Trinajstić information content (AvgIpc) is 2.65. The molecule has 0 saturated heterocycles. The van der Waals surface area contributed by atoms with Gasteiger partial charge in [0.25, 0.3) is 10.1 Å². The highest BCUT2D eigenvalue weighted by molar-refractivity contribution is 7.87. The number of hydrogen-bond acceptors (Lipinski definition) is 4. The molecule has 0 radical (unpaired) electrons. The summed E-state index contributed by atoms with van der Waals surface area (Å²) < 4.78 is 34.0. The van der Waals surface area contributed by atoms with Gasteiger partial charge in [-0.25, -0.2) is 0 Å². The average molecular weight is 494 g/mol. The van der Waals surface area contributed by atoms with Gasteiger partial charge < -0.3 is 10.2 Å². The summed E-state index contributed by atoms with van der Waals surface area (Å²) in [7, 11) is -5.08. The first kappa shape index (κ1) is 22.0. The molecule has 0 aliphatic carbocycles. The summed E-state index contributed by atoms with van der Waals surface area (Å²) >= 11 is 24.3. The van der Waals surface area contributed by atoms with E-state index in [0.717, 1.165) is 12.1 Å². The number of phenols is 2. The number of halogens is 4. The molecule has 0 aromatic heterocycles. The van der Waals surface area contributed by atoms with Gasteiger partial charge in [-0.05, 0) is 35.9 Å². The number of benzene rings is 3. The third-order valence-electron chi connectivity index (χ3n) is 4.44. The van der Waals surface area contributed by atoms with Crippen LogP contribution in [0, 0.1) is 0 Å². The van der Waals surface area contributed by atoms with Crippen LogP contribution in [0.4, 0.5) is 0 Å². The first-order chi connectivity index (χ1) is 13.5. The molecule has 3 N–H and O–H groups in total. The highest BCUT2D eigenvalue weighted by atomic mass is 35.5. The van der Waals surface area contributed by atoms with E-state index in [9.17, 15) is 23.2 Å². The van der Waals surface area contributed by atoms with E-state index in [1.165, 1.54) is 36.4 Å². The van der Waals surface area contributed by atoms with Crippen LogP contribution in [0.5, 0.6) is 11.5 Å². The van der Waals surface area contributed by atoms with Gasteiger partial charge in [-0.1, -0.05) is 70.7 Å². The second kappa shape index (κ2) is 7.87. The van der Waals surface area contributed by atoms with Crippen LogP contribution in [-0.4, -0.2) is 23.2 Å². The first-order valence-corrected chi connectivity index (χ1v) is 10.9. The molecule has 0 aliphatic rings. The van der Waals surface area contributed by atoms with Crippen LogP contribution >= 0.6 is 46.4 Å². The van der Waals surface area contributed by atoms with Crippen molar-refractivity contribution in [2.45, 2.75) is 4.75 Å². The van der Waals surface area contributed by atoms with Gasteiger partial charge in [0.15, 0.2) is 4.75 Å². The van der Waals surface area contributed by atoms with E-state index in [1.54, 1.807) is 6.07 Å². The predicted octanol–water partition coefficient (Wildman–Crippen LogP) is 5.89. The zero-order valence-electron chi connectivity index (χ0n) is 14.3. The molecule has 152 valence electrons. The first-order valence-electron chi connectivity index (χ1n) is 7.90. The lowest BCUT2D eigenvalue weighted by atomic mass is 9.83. The topological polar surface area (TPSA) is 94.8 Å².